The van der Waals surface area contributed by atoms with Gasteiger partial charge in [0.1, 0.15) is 12.3 Å². The monoisotopic (exact) mass is 326 g/mol. The molecule has 0 atom stereocenters. The number of hydrogen-bond acceptors (Lipinski definition) is 6. The molecule has 0 fully saturated rings. The standard InChI is InChI=1S/C17H18N4O3/c1-11(2)12-4-6-13(7-5-12)16-18-20-21(19-16)10-14-8-9-15(24-14)17(22)23-3/h4-9,11H,10H2,1-3H3. The Bertz CT molecular complexity index is 834. The first kappa shape index (κ1) is 15.9. The Labute approximate surface area is 139 Å². The van der Waals surface area contributed by atoms with Crippen LogP contribution in [0.25, 0.3) is 11.4 Å². The van der Waals surface area contributed by atoms with Crippen molar-refractivity contribution in [1.29, 1.82) is 0 Å². The Morgan fingerprint density at radius 3 is 2.62 bits per heavy atom. The topological polar surface area (TPSA) is 83.0 Å². The summed E-state index contributed by atoms with van der Waals surface area (Å²) in [4.78, 5) is 12.8. The molecular weight excluding hydrogens is 308 g/mol. The van der Waals surface area contributed by atoms with E-state index in [9.17, 15) is 4.79 Å². The zero-order valence-electron chi connectivity index (χ0n) is 13.8. The molecule has 0 saturated carbocycles. The second-order valence-corrected chi connectivity index (χ2v) is 5.68. The minimum atomic E-state index is -0.515. The summed E-state index contributed by atoms with van der Waals surface area (Å²) >= 11 is 0. The van der Waals surface area contributed by atoms with Gasteiger partial charge in [0.25, 0.3) is 0 Å². The van der Waals surface area contributed by atoms with Gasteiger partial charge in [0.15, 0.2) is 0 Å². The van der Waals surface area contributed by atoms with Crippen LogP contribution in [0.5, 0.6) is 0 Å². The fourth-order valence-electron chi connectivity index (χ4n) is 2.26. The maximum atomic E-state index is 11.4. The molecule has 0 bridgehead atoms. The van der Waals surface area contributed by atoms with Crippen LogP contribution in [-0.4, -0.2) is 33.3 Å². The van der Waals surface area contributed by atoms with Crippen molar-refractivity contribution in [2.75, 3.05) is 7.11 Å². The van der Waals surface area contributed by atoms with Crippen molar-refractivity contribution in [1.82, 2.24) is 20.2 Å². The predicted molar refractivity (Wildman–Crippen MR) is 86.5 cm³/mol. The van der Waals surface area contributed by atoms with Gasteiger partial charge >= 0.3 is 5.97 Å². The van der Waals surface area contributed by atoms with Crippen molar-refractivity contribution in [2.24, 2.45) is 0 Å². The highest BCUT2D eigenvalue weighted by Gasteiger charge is 2.13. The van der Waals surface area contributed by atoms with Crippen LogP contribution in [0.2, 0.25) is 0 Å². The minimum absolute atomic E-state index is 0.150. The highest BCUT2D eigenvalue weighted by atomic mass is 16.5. The molecule has 7 nitrogen and oxygen atoms in total. The van der Waals surface area contributed by atoms with Crippen LogP contribution >= 0.6 is 0 Å². The predicted octanol–water partition coefficient (Wildman–Crippen LogP) is 2.89. The molecule has 7 heteroatoms. The van der Waals surface area contributed by atoms with E-state index in [0.29, 0.717) is 17.5 Å². The lowest BCUT2D eigenvalue weighted by Gasteiger charge is -2.04. The number of carbonyl (C=O) groups excluding carboxylic acids is 1. The number of furan rings is 1. The molecule has 24 heavy (non-hydrogen) atoms. The molecule has 0 aliphatic heterocycles. The number of ether oxygens (including phenoxy) is 1. The van der Waals surface area contributed by atoms with Crippen LogP contribution in [-0.2, 0) is 11.3 Å². The molecule has 0 saturated heterocycles. The first-order valence-corrected chi connectivity index (χ1v) is 7.62. The summed E-state index contributed by atoms with van der Waals surface area (Å²) in [6.45, 7) is 4.58. The third-order valence-electron chi connectivity index (χ3n) is 3.63. The van der Waals surface area contributed by atoms with Crippen molar-refractivity contribution in [3.8, 4) is 11.4 Å². The summed E-state index contributed by atoms with van der Waals surface area (Å²) in [7, 11) is 1.31. The molecule has 0 aliphatic carbocycles. The van der Waals surface area contributed by atoms with Gasteiger partial charge in [-0.25, -0.2) is 4.79 Å². The van der Waals surface area contributed by atoms with Gasteiger partial charge < -0.3 is 9.15 Å². The van der Waals surface area contributed by atoms with Crippen LogP contribution in [0.15, 0.2) is 40.8 Å². The van der Waals surface area contributed by atoms with E-state index in [0.717, 1.165) is 5.56 Å². The molecule has 0 spiro atoms. The largest absolute Gasteiger partial charge is 0.463 e. The van der Waals surface area contributed by atoms with E-state index in [1.165, 1.54) is 17.5 Å². The Hall–Kier alpha value is -2.96. The average Bonchev–Trinajstić information content (AvgIpc) is 3.24. The number of benzene rings is 1. The third-order valence-corrected chi connectivity index (χ3v) is 3.63. The van der Waals surface area contributed by atoms with Gasteiger partial charge in [0, 0.05) is 5.56 Å². The normalized spacial score (nSPS) is 11.0. The van der Waals surface area contributed by atoms with E-state index < -0.39 is 5.97 Å². The Morgan fingerprint density at radius 1 is 1.21 bits per heavy atom. The minimum Gasteiger partial charge on any atom is -0.463 e. The number of tetrazole rings is 1. The van der Waals surface area contributed by atoms with Crippen molar-refractivity contribution in [3.05, 3.63) is 53.5 Å². The molecule has 0 amide bonds. The van der Waals surface area contributed by atoms with E-state index >= 15 is 0 Å². The van der Waals surface area contributed by atoms with Crippen molar-refractivity contribution in [2.45, 2.75) is 26.3 Å². The molecule has 0 unspecified atom stereocenters. The number of hydrogen-bond donors (Lipinski definition) is 0. The van der Waals surface area contributed by atoms with Crippen LogP contribution in [0.1, 0.15) is 41.6 Å². The quantitative estimate of drug-likeness (QED) is 0.670. The fraction of sp³-hybridized carbons (Fsp3) is 0.294. The number of nitrogens with zero attached hydrogens (tertiary/aromatic N) is 4. The average molecular weight is 326 g/mol. The van der Waals surface area contributed by atoms with Crippen molar-refractivity contribution in [3.63, 3.8) is 0 Å². The van der Waals surface area contributed by atoms with Crippen molar-refractivity contribution >= 4 is 5.97 Å². The number of carbonyl (C=O) groups is 1. The molecule has 2 aromatic heterocycles. The second-order valence-electron chi connectivity index (χ2n) is 5.68. The molecule has 1 aromatic carbocycles. The first-order chi connectivity index (χ1) is 11.6. The van der Waals surface area contributed by atoms with Gasteiger partial charge in [-0.05, 0) is 28.8 Å². The molecule has 3 rings (SSSR count). The van der Waals surface area contributed by atoms with Crippen LogP contribution in [0.4, 0.5) is 0 Å². The summed E-state index contributed by atoms with van der Waals surface area (Å²) in [5, 5.41) is 12.4. The summed E-state index contributed by atoms with van der Waals surface area (Å²) in [5.74, 6) is 1.21. The maximum Gasteiger partial charge on any atom is 0.373 e. The number of methoxy groups -OCH3 is 1. The third kappa shape index (κ3) is 3.34. The van der Waals surface area contributed by atoms with E-state index in [-0.39, 0.29) is 12.3 Å². The van der Waals surface area contributed by atoms with Crippen molar-refractivity contribution < 1.29 is 13.9 Å². The summed E-state index contributed by atoms with van der Waals surface area (Å²) in [6.07, 6.45) is 0. The van der Waals surface area contributed by atoms with Gasteiger partial charge in [-0.2, -0.15) is 4.80 Å². The van der Waals surface area contributed by atoms with Gasteiger partial charge in [0.05, 0.1) is 7.11 Å². The molecule has 0 N–H and O–H groups in total. The first-order valence-electron chi connectivity index (χ1n) is 7.62. The number of rotatable bonds is 5. The van der Waals surface area contributed by atoms with E-state index in [1.54, 1.807) is 12.1 Å². The fourth-order valence-corrected chi connectivity index (χ4v) is 2.26. The molecule has 3 aromatic rings. The lowest BCUT2D eigenvalue weighted by atomic mass is 10.0. The summed E-state index contributed by atoms with van der Waals surface area (Å²) in [5.41, 5.74) is 2.16. The van der Waals surface area contributed by atoms with Gasteiger partial charge in [-0.1, -0.05) is 38.1 Å². The Balaban J connectivity index is 1.73. The lowest BCUT2D eigenvalue weighted by molar-refractivity contribution is 0.0562. The molecule has 0 aliphatic rings. The molecular formula is C17H18N4O3. The summed E-state index contributed by atoms with van der Waals surface area (Å²) < 4.78 is 10.00. The lowest BCUT2D eigenvalue weighted by Crippen LogP contribution is -2.03. The van der Waals surface area contributed by atoms with Gasteiger partial charge in [0.2, 0.25) is 11.6 Å². The SMILES string of the molecule is COC(=O)c1ccc(Cn2nnc(-c3ccc(C(C)C)cc3)n2)o1. The highest BCUT2D eigenvalue weighted by Crippen LogP contribution is 2.19. The zero-order valence-corrected chi connectivity index (χ0v) is 13.8. The molecule has 124 valence electrons. The van der Waals surface area contributed by atoms with E-state index in [2.05, 4.69) is 46.1 Å². The van der Waals surface area contributed by atoms with Gasteiger partial charge in [-0.3, -0.25) is 0 Å². The highest BCUT2D eigenvalue weighted by molar-refractivity contribution is 5.86. The number of esters is 1. The second kappa shape index (κ2) is 6.66. The van der Waals surface area contributed by atoms with Crippen LogP contribution in [0, 0.1) is 0 Å². The molecule has 0 radical (unpaired) electrons. The molecule has 2 heterocycles. The van der Waals surface area contributed by atoms with E-state index in [1.807, 2.05) is 12.1 Å². The Kier molecular flexibility index (Phi) is 4.41. The smallest absolute Gasteiger partial charge is 0.373 e. The number of aromatic nitrogens is 4. The maximum absolute atomic E-state index is 11.4. The van der Waals surface area contributed by atoms with Crippen LogP contribution in [0.3, 0.4) is 0 Å². The Morgan fingerprint density at radius 2 is 1.96 bits per heavy atom. The van der Waals surface area contributed by atoms with Crippen LogP contribution < -0.4 is 0 Å². The van der Waals surface area contributed by atoms with E-state index in [4.69, 9.17) is 4.42 Å². The summed E-state index contributed by atoms with van der Waals surface area (Å²) in [6, 6.07) is 11.3. The zero-order chi connectivity index (χ0) is 17.1. The van der Waals surface area contributed by atoms with Gasteiger partial charge in [-0.15, -0.1) is 10.2 Å².